The fraction of sp³-hybridized carbons (Fsp3) is 0.240. The lowest BCUT2D eigenvalue weighted by atomic mass is 10.0. The molecule has 8 nitrogen and oxygen atoms in total. The minimum Gasteiger partial charge on any atom is -0.494 e. The number of nitrogens with one attached hydrogen (secondary N) is 2. The van der Waals surface area contributed by atoms with Gasteiger partial charge in [-0.15, -0.1) is 0 Å². The lowest BCUT2D eigenvalue weighted by molar-refractivity contribution is 0.0951. The number of carbonyl (C=O) groups excluding carboxylic acids is 1. The molecule has 4 aromatic rings. The van der Waals surface area contributed by atoms with Crippen molar-refractivity contribution in [1.82, 2.24) is 19.7 Å². The van der Waals surface area contributed by atoms with Gasteiger partial charge in [-0.1, -0.05) is 6.92 Å². The minimum atomic E-state index is -1.07. The van der Waals surface area contributed by atoms with Crippen molar-refractivity contribution >= 4 is 23.1 Å². The Bertz CT molecular complexity index is 1390. The van der Waals surface area contributed by atoms with E-state index in [1.807, 2.05) is 19.9 Å². The normalized spacial score (nSPS) is 11.9. The fourth-order valence-corrected chi connectivity index (χ4v) is 3.77. The Morgan fingerprint density at radius 2 is 2.00 bits per heavy atom. The second-order valence-corrected chi connectivity index (χ2v) is 8.09. The van der Waals surface area contributed by atoms with Crippen LogP contribution in [0.15, 0.2) is 48.9 Å². The van der Waals surface area contributed by atoms with Gasteiger partial charge in [-0.3, -0.25) is 9.20 Å². The largest absolute Gasteiger partial charge is 0.494 e. The molecule has 0 radical (unpaired) electrons. The molecule has 1 unspecified atom stereocenters. The third-order valence-electron chi connectivity index (χ3n) is 5.55. The standard InChI is InChI=1S/C25H26F2N6O2/c1-4-15-11-16(5-6-17(15)25(34)31-12-14(2)28)32-23-24-30-13-19(33(24)10-9-29-23)18-7-8-20(35-3)22(27)21(18)26/h5-11,13-14H,4,12,28H2,1-3H3,(H,29,32)(H,31,34). The number of nitrogens with zero attached hydrogens (tertiary/aromatic N) is 3. The maximum atomic E-state index is 14.7. The molecular formula is C25H26F2N6O2. The SMILES string of the molecule is CCc1cc(Nc2nccn3c(-c4ccc(OC)c(F)c4F)cnc23)ccc1C(=O)NCC(C)N. The topological polar surface area (TPSA) is 107 Å². The molecule has 0 aliphatic rings. The molecule has 182 valence electrons. The van der Waals surface area contributed by atoms with Crippen molar-refractivity contribution in [2.75, 3.05) is 19.0 Å². The highest BCUT2D eigenvalue weighted by atomic mass is 19.2. The Morgan fingerprint density at radius 3 is 2.71 bits per heavy atom. The van der Waals surface area contributed by atoms with Crippen molar-refractivity contribution in [3.8, 4) is 17.0 Å². The summed E-state index contributed by atoms with van der Waals surface area (Å²) in [5, 5.41) is 6.04. The number of anilines is 2. The molecule has 2 heterocycles. The Kier molecular flexibility index (Phi) is 6.92. The zero-order chi connectivity index (χ0) is 25.1. The average molecular weight is 481 g/mol. The molecule has 10 heteroatoms. The summed E-state index contributed by atoms with van der Waals surface area (Å²) in [6, 6.07) is 8.05. The van der Waals surface area contributed by atoms with Gasteiger partial charge in [0, 0.05) is 41.8 Å². The molecule has 0 saturated heterocycles. The van der Waals surface area contributed by atoms with Crippen LogP contribution >= 0.6 is 0 Å². The van der Waals surface area contributed by atoms with E-state index in [4.69, 9.17) is 10.5 Å². The first-order valence-corrected chi connectivity index (χ1v) is 11.1. The molecule has 0 spiro atoms. The number of ether oxygens (including phenoxy) is 1. The van der Waals surface area contributed by atoms with Gasteiger partial charge in [0.15, 0.2) is 23.0 Å². The molecule has 0 bridgehead atoms. The number of methoxy groups -OCH3 is 1. The molecule has 2 aromatic heterocycles. The number of halogens is 2. The van der Waals surface area contributed by atoms with Gasteiger partial charge in [0.1, 0.15) is 0 Å². The van der Waals surface area contributed by atoms with Crippen LogP contribution in [0.3, 0.4) is 0 Å². The average Bonchev–Trinajstić information content (AvgIpc) is 3.29. The Hall–Kier alpha value is -4.05. The van der Waals surface area contributed by atoms with Crippen LogP contribution in [0.25, 0.3) is 16.9 Å². The number of aromatic nitrogens is 3. The van der Waals surface area contributed by atoms with Crippen LogP contribution in [0.1, 0.15) is 29.8 Å². The predicted octanol–water partition coefficient (Wildman–Crippen LogP) is 4.07. The number of aryl methyl sites for hydroxylation is 1. The van der Waals surface area contributed by atoms with Crippen molar-refractivity contribution < 1.29 is 18.3 Å². The molecule has 0 aliphatic heterocycles. The van der Waals surface area contributed by atoms with Crippen molar-refractivity contribution in [1.29, 1.82) is 0 Å². The Morgan fingerprint density at radius 1 is 1.20 bits per heavy atom. The summed E-state index contributed by atoms with van der Waals surface area (Å²) in [5.41, 5.74) is 8.69. The number of carbonyl (C=O) groups is 1. The lowest BCUT2D eigenvalue weighted by Crippen LogP contribution is -2.35. The first kappa shape index (κ1) is 24.1. The summed E-state index contributed by atoms with van der Waals surface area (Å²) in [5.74, 6) is -2.03. The highest BCUT2D eigenvalue weighted by Crippen LogP contribution is 2.31. The summed E-state index contributed by atoms with van der Waals surface area (Å²) >= 11 is 0. The van der Waals surface area contributed by atoms with Crippen molar-refractivity contribution in [3.05, 3.63) is 71.7 Å². The van der Waals surface area contributed by atoms with Crippen LogP contribution < -0.4 is 21.1 Å². The first-order valence-electron chi connectivity index (χ1n) is 11.1. The smallest absolute Gasteiger partial charge is 0.251 e. The molecular weight excluding hydrogens is 454 g/mol. The van der Waals surface area contributed by atoms with Crippen LogP contribution in [-0.2, 0) is 6.42 Å². The third-order valence-corrected chi connectivity index (χ3v) is 5.55. The number of nitrogens with two attached hydrogens (primary N) is 1. The second kappa shape index (κ2) is 10.1. The summed E-state index contributed by atoms with van der Waals surface area (Å²) in [7, 11) is 1.28. The van der Waals surface area contributed by atoms with Gasteiger partial charge in [-0.05, 0) is 49.2 Å². The highest BCUT2D eigenvalue weighted by molar-refractivity contribution is 5.96. The summed E-state index contributed by atoms with van der Waals surface area (Å²) in [6.45, 7) is 4.17. The number of rotatable bonds is 8. The first-order chi connectivity index (χ1) is 16.8. The molecule has 4 N–H and O–H groups in total. The quantitative estimate of drug-likeness (QED) is 0.351. The van der Waals surface area contributed by atoms with Crippen molar-refractivity contribution in [2.45, 2.75) is 26.3 Å². The monoisotopic (exact) mass is 480 g/mol. The Balaban J connectivity index is 1.66. The second-order valence-electron chi connectivity index (χ2n) is 8.09. The van der Waals surface area contributed by atoms with Crippen molar-refractivity contribution in [2.24, 2.45) is 5.73 Å². The van der Waals surface area contributed by atoms with E-state index in [9.17, 15) is 13.6 Å². The van der Waals surface area contributed by atoms with Crippen LogP contribution in [0.4, 0.5) is 20.3 Å². The third kappa shape index (κ3) is 4.78. The molecule has 4 rings (SSSR count). The van der Waals surface area contributed by atoms with Gasteiger partial charge in [0.05, 0.1) is 19.0 Å². The van der Waals surface area contributed by atoms with Gasteiger partial charge in [0.2, 0.25) is 5.82 Å². The van der Waals surface area contributed by atoms with Gasteiger partial charge < -0.3 is 21.1 Å². The van der Waals surface area contributed by atoms with Crippen LogP contribution in [0.5, 0.6) is 5.75 Å². The number of benzene rings is 2. The van der Waals surface area contributed by atoms with E-state index in [2.05, 4.69) is 20.6 Å². The van der Waals surface area contributed by atoms with E-state index in [0.29, 0.717) is 41.4 Å². The highest BCUT2D eigenvalue weighted by Gasteiger charge is 2.19. The van der Waals surface area contributed by atoms with E-state index in [1.54, 1.807) is 22.7 Å². The van der Waals surface area contributed by atoms with E-state index in [0.717, 1.165) is 5.56 Å². The van der Waals surface area contributed by atoms with Gasteiger partial charge in [0.25, 0.3) is 5.91 Å². The zero-order valence-electron chi connectivity index (χ0n) is 19.6. The fourth-order valence-electron chi connectivity index (χ4n) is 3.77. The van der Waals surface area contributed by atoms with E-state index in [-0.39, 0.29) is 23.3 Å². The molecule has 0 saturated carbocycles. The Labute approximate surface area is 201 Å². The van der Waals surface area contributed by atoms with Gasteiger partial charge in [-0.2, -0.15) is 4.39 Å². The summed E-state index contributed by atoms with van der Waals surface area (Å²) in [4.78, 5) is 21.3. The van der Waals surface area contributed by atoms with E-state index >= 15 is 0 Å². The maximum Gasteiger partial charge on any atom is 0.251 e. The van der Waals surface area contributed by atoms with Crippen LogP contribution in [0, 0.1) is 11.6 Å². The minimum absolute atomic E-state index is 0.0448. The zero-order valence-corrected chi connectivity index (χ0v) is 19.6. The number of hydrogen-bond donors (Lipinski definition) is 3. The van der Waals surface area contributed by atoms with Crippen LogP contribution in [-0.4, -0.2) is 40.0 Å². The molecule has 0 fully saturated rings. The predicted molar refractivity (Wildman–Crippen MR) is 130 cm³/mol. The van der Waals surface area contributed by atoms with Crippen molar-refractivity contribution in [3.63, 3.8) is 0 Å². The molecule has 2 aromatic carbocycles. The molecule has 1 atom stereocenters. The lowest BCUT2D eigenvalue weighted by Gasteiger charge is -2.13. The van der Waals surface area contributed by atoms with Crippen LogP contribution in [0.2, 0.25) is 0 Å². The molecule has 0 aliphatic carbocycles. The molecule has 35 heavy (non-hydrogen) atoms. The van der Waals surface area contributed by atoms with Gasteiger partial charge in [-0.25, -0.2) is 14.4 Å². The number of imidazole rings is 1. The maximum absolute atomic E-state index is 14.7. The summed E-state index contributed by atoms with van der Waals surface area (Å²) in [6.07, 6.45) is 5.25. The summed E-state index contributed by atoms with van der Waals surface area (Å²) < 4.78 is 35.5. The number of amides is 1. The number of fused-ring (bicyclic) bond motifs is 1. The molecule has 1 amide bonds. The number of hydrogen-bond acceptors (Lipinski definition) is 6. The van der Waals surface area contributed by atoms with Gasteiger partial charge >= 0.3 is 0 Å². The van der Waals surface area contributed by atoms with E-state index in [1.165, 1.54) is 31.6 Å². The van der Waals surface area contributed by atoms with E-state index < -0.39 is 11.6 Å².